The van der Waals surface area contributed by atoms with Gasteiger partial charge < -0.3 is 19.5 Å². The van der Waals surface area contributed by atoms with Gasteiger partial charge in [-0.25, -0.2) is 4.79 Å². The standard InChI is InChI=1S/C15H27N3O4/c1-14(2,3)22-13(19)18-7-6-16-12(9-18)17-8-11-10-20-15(4,5)21-11/h11H,6-10H2,1-5H3,(H,16,17). The van der Waals surface area contributed by atoms with Crippen LogP contribution in [0.15, 0.2) is 4.99 Å². The van der Waals surface area contributed by atoms with E-state index < -0.39 is 11.4 Å². The molecule has 1 N–H and O–H groups in total. The van der Waals surface area contributed by atoms with Crippen LogP contribution in [0.1, 0.15) is 34.6 Å². The van der Waals surface area contributed by atoms with E-state index in [9.17, 15) is 4.79 Å². The average molecular weight is 313 g/mol. The summed E-state index contributed by atoms with van der Waals surface area (Å²) in [5.41, 5.74) is -0.486. The molecule has 2 aliphatic rings. The molecule has 0 aromatic heterocycles. The molecule has 126 valence electrons. The number of carbonyl (C=O) groups excluding carboxylic acids is 1. The van der Waals surface area contributed by atoms with Crippen LogP contribution in [0, 0.1) is 0 Å². The van der Waals surface area contributed by atoms with Crippen molar-refractivity contribution in [1.29, 1.82) is 0 Å². The summed E-state index contributed by atoms with van der Waals surface area (Å²) in [5.74, 6) is 0.258. The normalized spacial score (nSPS) is 24.9. The Bertz CT molecular complexity index is 443. The number of nitrogens with one attached hydrogen (secondary N) is 1. The molecule has 7 heteroatoms. The molecular formula is C15H27N3O4. The highest BCUT2D eigenvalue weighted by atomic mass is 16.7. The molecule has 7 nitrogen and oxygen atoms in total. The molecule has 0 aromatic carbocycles. The molecule has 1 unspecified atom stereocenters. The first kappa shape index (κ1) is 17.0. The molecule has 1 fully saturated rings. The molecule has 2 aliphatic heterocycles. The van der Waals surface area contributed by atoms with Crippen molar-refractivity contribution in [1.82, 2.24) is 10.2 Å². The topological polar surface area (TPSA) is 72.4 Å². The van der Waals surface area contributed by atoms with Gasteiger partial charge in [-0.3, -0.25) is 9.89 Å². The third-order valence-corrected chi connectivity index (χ3v) is 3.27. The van der Waals surface area contributed by atoms with E-state index in [-0.39, 0.29) is 12.2 Å². The van der Waals surface area contributed by atoms with E-state index in [4.69, 9.17) is 14.2 Å². The Hall–Kier alpha value is -1.34. The first-order chi connectivity index (χ1) is 10.1. The Balaban J connectivity index is 1.79. The number of aliphatic imine (C=N–C) groups is 1. The fourth-order valence-electron chi connectivity index (χ4n) is 2.30. The average Bonchev–Trinajstić information content (AvgIpc) is 2.74. The van der Waals surface area contributed by atoms with Crippen LogP contribution in [-0.4, -0.2) is 67.1 Å². The molecule has 0 bridgehead atoms. The Morgan fingerprint density at radius 2 is 2.23 bits per heavy atom. The van der Waals surface area contributed by atoms with Gasteiger partial charge in [0.05, 0.1) is 19.7 Å². The molecule has 2 heterocycles. The highest BCUT2D eigenvalue weighted by molar-refractivity contribution is 5.87. The zero-order chi connectivity index (χ0) is 16.4. The SMILES string of the molecule is CC(C)(C)OC(=O)N1CCN=C(NCC2COC(C)(C)O2)C1. The number of ether oxygens (including phenoxy) is 3. The van der Waals surface area contributed by atoms with Crippen LogP contribution in [0.3, 0.4) is 0 Å². The Kier molecular flexibility index (Phi) is 4.97. The number of hydrogen-bond acceptors (Lipinski definition) is 6. The summed E-state index contributed by atoms with van der Waals surface area (Å²) in [6.07, 6.45) is -0.308. The Morgan fingerprint density at radius 1 is 1.50 bits per heavy atom. The van der Waals surface area contributed by atoms with E-state index in [1.54, 1.807) is 4.90 Å². The van der Waals surface area contributed by atoms with Crippen molar-refractivity contribution in [2.75, 3.05) is 32.8 Å². The molecule has 0 spiro atoms. The van der Waals surface area contributed by atoms with Crippen molar-refractivity contribution in [3.05, 3.63) is 0 Å². The van der Waals surface area contributed by atoms with Gasteiger partial charge in [0.15, 0.2) is 5.79 Å². The lowest BCUT2D eigenvalue weighted by Gasteiger charge is -2.30. The minimum Gasteiger partial charge on any atom is -0.444 e. The third kappa shape index (κ3) is 5.14. The molecule has 1 atom stereocenters. The number of rotatable bonds is 2. The summed E-state index contributed by atoms with van der Waals surface area (Å²) >= 11 is 0. The molecule has 2 rings (SSSR count). The quantitative estimate of drug-likeness (QED) is 0.834. The van der Waals surface area contributed by atoms with Gasteiger partial charge >= 0.3 is 6.09 Å². The van der Waals surface area contributed by atoms with Crippen LogP contribution in [0.4, 0.5) is 4.79 Å². The number of carbonyl (C=O) groups is 1. The second-order valence-electron chi connectivity index (χ2n) is 7.06. The van der Waals surface area contributed by atoms with E-state index >= 15 is 0 Å². The van der Waals surface area contributed by atoms with Gasteiger partial charge in [-0.05, 0) is 34.6 Å². The maximum Gasteiger partial charge on any atom is 0.410 e. The van der Waals surface area contributed by atoms with Crippen LogP contribution in [-0.2, 0) is 14.2 Å². The number of hydrogen-bond donors (Lipinski definition) is 1. The molecule has 0 aliphatic carbocycles. The minimum absolute atomic E-state index is 0.00500. The molecule has 0 radical (unpaired) electrons. The maximum absolute atomic E-state index is 12.1. The molecular weight excluding hydrogens is 286 g/mol. The molecule has 0 aromatic rings. The Morgan fingerprint density at radius 3 is 2.82 bits per heavy atom. The van der Waals surface area contributed by atoms with Crippen LogP contribution >= 0.6 is 0 Å². The van der Waals surface area contributed by atoms with Crippen LogP contribution < -0.4 is 5.32 Å². The van der Waals surface area contributed by atoms with Crippen LogP contribution in [0.2, 0.25) is 0 Å². The van der Waals surface area contributed by atoms with Gasteiger partial charge in [0.1, 0.15) is 17.5 Å². The van der Waals surface area contributed by atoms with Gasteiger partial charge in [-0.15, -0.1) is 0 Å². The second-order valence-corrected chi connectivity index (χ2v) is 7.06. The lowest BCUT2D eigenvalue weighted by molar-refractivity contribution is -0.137. The van der Waals surface area contributed by atoms with Crippen LogP contribution in [0.25, 0.3) is 0 Å². The number of amides is 1. The van der Waals surface area contributed by atoms with E-state index in [1.165, 1.54) is 0 Å². The smallest absolute Gasteiger partial charge is 0.410 e. The van der Waals surface area contributed by atoms with Gasteiger partial charge in [0.2, 0.25) is 0 Å². The minimum atomic E-state index is -0.525. The fourth-order valence-corrected chi connectivity index (χ4v) is 2.30. The summed E-state index contributed by atoms with van der Waals surface area (Å²) < 4.78 is 16.6. The fraction of sp³-hybridized carbons (Fsp3) is 0.867. The highest BCUT2D eigenvalue weighted by Crippen LogP contribution is 2.21. The third-order valence-electron chi connectivity index (χ3n) is 3.27. The highest BCUT2D eigenvalue weighted by Gasteiger charge is 2.33. The molecule has 1 amide bonds. The zero-order valence-electron chi connectivity index (χ0n) is 14.1. The van der Waals surface area contributed by atoms with Gasteiger partial charge in [0.25, 0.3) is 0 Å². The first-order valence-corrected chi connectivity index (χ1v) is 7.71. The molecule has 22 heavy (non-hydrogen) atoms. The summed E-state index contributed by atoms with van der Waals surface area (Å²) in [5, 5.41) is 3.24. The van der Waals surface area contributed by atoms with Crippen molar-refractivity contribution in [3.8, 4) is 0 Å². The first-order valence-electron chi connectivity index (χ1n) is 7.71. The van der Waals surface area contributed by atoms with Crippen molar-refractivity contribution in [2.24, 2.45) is 4.99 Å². The van der Waals surface area contributed by atoms with Gasteiger partial charge in [-0.2, -0.15) is 0 Å². The maximum atomic E-state index is 12.1. The monoisotopic (exact) mass is 313 g/mol. The van der Waals surface area contributed by atoms with Crippen molar-refractivity contribution >= 4 is 11.9 Å². The van der Waals surface area contributed by atoms with Gasteiger partial charge in [0, 0.05) is 13.1 Å². The van der Waals surface area contributed by atoms with Crippen LogP contribution in [0.5, 0.6) is 0 Å². The van der Waals surface area contributed by atoms with Crippen molar-refractivity contribution in [3.63, 3.8) is 0 Å². The van der Waals surface area contributed by atoms with E-state index in [1.807, 2.05) is 34.6 Å². The van der Waals surface area contributed by atoms with E-state index in [0.29, 0.717) is 32.8 Å². The number of nitrogens with zero attached hydrogens (tertiary/aromatic N) is 2. The molecule has 0 saturated carbocycles. The summed E-state index contributed by atoms with van der Waals surface area (Å²) in [7, 11) is 0. The predicted octanol–water partition coefficient (Wildman–Crippen LogP) is 1.38. The lowest BCUT2D eigenvalue weighted by atomic mass is 10.2. The lowest BCUT2D eigenvalue weighted by Crippen LogP contribution is -2.48. The second kappa shape index (κ2) is 6.42. The number of amidine groups is 1. The van der Waals surface area contributed by atoms with E-state index in [2.05, 4.69) is 10.3 Å². The van der Waals surface area contributed by atoms with Gasteiger partial charge in [-0.1, -0.05) is 0 Å². The zero-order valence-corrected chi connectivity index (χ0v) is 14.1. The summed E-state index contributed by atoms with van der Waals surface area (Å²) in [6, 6.07) is 0. The largest absolute Gasteiger partial charge is 0.444 e. The summed E-state index contributed by atoms with van der Waals surface area (Å²) in [4.78, 5) is 18.2. The Labute approximate surface area is 132 Å². The van der Waals surface area contributed by atoms with Crippen molar-refractivity contribution in [2.45, 2.75) is 52.1 Å². The van der Waals surface area contributed by atoms with Crippen molar-refractivity contribution < 1.29 is 19.0 Å². The van der Waals surface area contributed by atoms with E-state index in [0.717, 1.165) is 5.84 Å². The molecule has 1 saturated heterocycles. The predicted molar refractivity (Wildman–Crippen MR) is 83.0 cm³/mol. The summed E-state index contributed by atoms with van der Waals surface area (Å²) in [6.45, 7) is 12.2.